The van der Waals surface area contributed by atoms with Gasteiger partial charge in [-0.25, -0.2) is 0 Å². The lowest BCUT2D eigenvalue weighted by atomic mass is 10.1. The Morgan fingerprint density at radius 1 is 1.32 bits per heavy atom. The second kappa shape index (κ2) is 7.48. The summed E-state index contributed by atoms with van der Waals surface area (Å²) in [4.78, 5) is 11.8. The molecule has 0 fully saturated rings. The second-order valence-electron chi connectivity index (χ2n) is 4.95. The zero-order valence-corrected chi connectivity index (χ0v) is 11.9. The summed E-state index contributed by atoms with van der Waals surface area (Å²) in [5.41, 5.74) is 0.361. The van der Waals surface area contributed by atoms with E-state index in [-0.39, 0.29) is 6.54 Å². The summed E-state index contributed by atoms with van der Waals surface area (Å²) in [5.74, 6) is -0.212. The van der Waals surface area contributed by atoms with E-state index >= 15 is 0 Å². The lowest BCUT2D eigenvalue weighted by Gasteiger charge is -2.16. The van der Waals surface area contributed by atoms with E-state index in [0.29, 0.717) is 22.9 Å². The van der Waals surface area contributed by atoms with Crippen LogP contribution in [0.15, 0.2) is 24.3 Å². The lowest BCUT2D eigenvalue weighted by molar-refractivity contribution is -0.130. The van der Waals surface area contributed by atoms with Crippen LogP contribution in [0, 0.1) is 5.92 Å². The maximum atomic E-state index is 11.8. The Balaban J connectivity index is 2.52. The van der Waals surface area contributed by atoms with E-state index in [1.165, 1.54) is 0 Å². The number of halogens is 1. The Morgan fingerprint density at radius 2 is 1.95 bits per heavy atom. The average Bonchev–Trinajstić information content (AvgIpc) is 2.35. The molecule has 1 aromatic carbocycles. The maximum absolute atomic E-state index is 11.8. The Labute approximate surface area is 118 Å². The number of nitrogens with one attached hydrogen (secondary N) is 1. The number of aliphatic hydroxyl groups is 2. The van der Waals surface area contributed by atoms with Gasteiger partial charge in [0.1, 0.15) is 0 Å². The molecule has 0 saturated carbocycles. The summed E-state index contributed by atoms with van der Waals surface area (Å²) in [5, 5.41) is 22.4. The van der Waals surface area contributed by atoms with Gasteiger partial charge >= 0.3 is 0 Å². The summed E-state index contributed by atoms with van der Waals surface area (Å²) >= 11 is 5.91. The van der Waals surface area contributed by atoms with Crippen LogP contribution in [0.3, 0.4) is 0 Å². The maximum Gasteiger partial charge on any atom is 0.253 e. The third-order valence-corrected chi connectivity index (χ3v) is 3.05. The molecule has 0 spiro atoms. The second-order valence-corrected chi connectivity index (χ2v) is 5.36. The quantitative estimate of drug-likeness (QED) is 0.748. The zero-order valence-electron chi connectivity index (χ0n) is 11.1. The molecule has 5 heteroatoms. The molecule has 0 aliphatic rings. The van der Waals surface area contributed by atoms with Crippen LogP contribution in [0.25, 0.3) is 0 Å². The molecule has 0 heterocycles. The van der Waals surface area contributed by atoms with Crippen LogP contribution in [0.4, 0.5) is 0 Å². The van der Waals surface area contributed by atoms with Crippen molar-refractivity contribution >= 4 is 17.5 Å². The number of amides is 1. The Kier molecular flexibility index (Phi) is 6.28. The topological polar surface area (TPSA) is 69.6 Å². The van der Waals surface area contributed by atoms with Crippen molar-refractivity contribution in [3.8, 4) is 0 Å². The highest BCUT2D eigenvalue weighted by Crippen LogP contribution is 2.22. The van der Waals surface area contributed by atoms with Crippen molar-refractivity contribution in [3.63, 3.8) is 0 Å². The molecule has 19 heavy (non-hydrogen) atoms. The van der Waals surface area contributed by atoms with Crippen molar-refractivity contribution < 1.29 is 15.0 Å². The summed E-state index contributed by atoms with van der Waals surface area (Å²) in [7, 11) is 0. The first kappa shape index (κ1) is 16.0. The lowest BCUT2D eigenvalue weighted by Crippen LogP contribution is -2.36. The van der Waals surface area contributed by atoms with Crippen molar-refractivity contribution in [2.24, 2.45) is 5.92 Å². The van der Waals surface area contributed by atoms with Gasteiger partial charge in [-0.05, 0) is 18.4 Å². The fraction of sp³-hybridized carbons (Fsp3) is 0.500. The minimum absolute atomic E-state index is 0.124. The highest BCUT2D eigenvalue weighted by Gasteiger charge is 2.20. The molecule has 1 amide bonds. The van der Waals surface area contributed by atoms with Crippen molar-refractivity contribution in [1.29, 1.82) is 0 Å². The van der Waals surface area contributed by atoms with Gasteiger partial charge < -0.3 is 15.5 Å². The van der Waals surface area contributed by atoms with Gasteiger partial charge in [0.05, 0.1) is 6.10 Å². The largest absolute Gasteiger partial charge is 0.391 e. The van der Waals surface area contributed by atoms with E-state index in [4.69, 9.17) is 11.6 Å². The third-order valence-electron chi connectivity index (χ3n) is 2.70. The molecule has 3 N–H and O–H groups in total. The van der Waals surface area contributed by atoms with E-state index in [1.807, 2.05) is 13.8 Å². The number of aliphatic hydroxyl groups excluding tert-OH is 2. The highest BCUT2D eigenvalue weighted by molar-refractivity contribution is 6.31. The molecule has 2 atom stereocenters. The van der Waals surface area contributed by atoms with Gasteiger partial charge in [0.25, 0.3) is 5.91 Å². The zero-order chi connectivity index (χ0) is 14.4. The van der Waals surface area contributed by atoms with Gasteiger partial charge in [-0.1, -0.05) is 43.6 Å². The number of carbonyl (C=O) groups excluding carboxylic acids is 1. The molecule has 4 nitrogen and oxygen atoms in total. The highest BCUT2D eigenvalue weighted by atomic mass is 35.5. The van der Waals surface area contributed by atoms with Gasteiger partial charge in [0.15, 0.2) is 6.10 Å². The number of hydrogen-bond donors (Lipinski definition) is 3. The first-order valence-electron chi connectivity index (χ1n) is 6.30. The molecular weight excluding hydrogens is 266 g/mol. The molecule has 106 valence electrons. The van der Waals surface area contributed by atoms with Gasteiger partial charge in [-0.3, -0.25) is 4.79 Å². The summed E-state index contributed by atoms with van der Waals surface area (Å²) in [6.07, 6.45) is -1.33. The summed E-state index contributed by atoms with van der Waals surface area (Å²) in [6, 6.07) is 6.63. The molecule has 0 saturated heterocycles. The normalized spacial score (nSPS) is 14.2. The van der Waals surface area contributed by atoms with Crippen LogP contribution >= 0.6 is 11.6 Å². The van der Waals surface area contributed by atoms with Gasteiger partial charge in [0.2, 0.25) is 0 Å². The van der Waals surface area contributed by atoms with Crippen LogP contribution in [0.5, 0.6) is 0 Å². The fourth-order valence-corrected chi connectivity index (χ4v) is 2.02. The van der Waals surface area contributed by atoms with E-state index in [2.05, 4.69) is 5.32 Å². The Hall–Kier alpha value is -1.10. The van der Waals surface area contributed by atoms with Crippen LogP contribution in [-0.4, -0.2) is 28.8 Å². The van der Waals surface area contributed by atoms with Crippen molar-refractivity contribution in [3.05, 3.63) is 34.9 Å². The first-order valence-corrected chi connectivity index (χ1v) is 6.68. The van der Waals surface area contributed by atoms with E-state index in [0.717, 1.165) is 0 Å². The SMILES string of the molecule is CC(C)CC(O)CNC(=O)[C@H](O)c1ccccc1Cl. The summed E-state index contributed by atoms with van der Waals surface area (Å²) in [6.45, 7) is 4.10. The van der Waals surface area contributed by atoms with Crippen LogP contribution in [0.2, 0.25) is 5.02 Å². The molecule has 1 aromatic rings. The molecule has 0 bridgehead atoms. The number of hydrogen-bond acceptors (Lipinski definition) is 3. The molecule has 0 aliphatic carbocycles. The minimum atomic E-state index is -1.32. The molecular formula is C14H20ClNO3. The standard InChI is InChI=1S/C14H20ClNO3/c1-9(2)7-10(17)8-16-14(19)13(18)11-5-3-4-6-12(11)15/h3-6,9-10,13,17-18H,7-8H2,1-2H3,(H,16,19)/t10?,13-/m1/s1. The average molecular weight is 286 g/mol. The molecule has 0 aromatic heterocycles. The Bertz CT molecular complexity index is 423. The Morgan fingerprint density at radius 3 is 2.53 bits per heavy atom. The van der Waals surface area contributed by atoms with Crippen LogP contribution in [0.1, 0.15) is 31.9 Å². The van der Waals surface area contributed by atoms with E-state index < -0.39 is 18.1 Å². The van der Waals surface area contributed by atoms with Crippen LogP contribution in [-0.2, 0) is 4.79 Å². The van der Waals surface area contributed by atoms with E-state index in [1.54, 1.807) is 24.3 Å². The first-order chi connectivity index (χ1) is 8.91. The van der Waals surface area contributed by atoms with Gasteiger partial charge in [-0.15, -0.1) is 0 Å². The van der Waals surface area contributed by atoms with Crippen molar-refractivity contribution in [1.82, 2.24) is 5.32 Å². The molecule has 0 radical (unpaired) electrons. The minimum Gasteiger partial charge on any atom is -0.391 e. The predicted octanol–water partition coefficient (Wildman–Crippen LogP) is 1.90. The van der Waals surface area contributed by atoms with E-state index in [9.17, 15) is 15.0 Å². The van der Waals surface area contributed by atoms with Gasteiger partial charge in [0, 0.05) is 17.1 Å². The molecule has 1 rings (SSSR count). The van der Waals surface area contributed by atoms with Crippen molar-refractivity contribution in [2.75, 3.05) is 6.54 Å². The molecule has 0 aliphatic heterocycles. The summed E-state index contributed by atoms with van der Waals surface area (Å²) < 4.78 is 0. The number of carbonyl (C=O) groups is 1. The smallest absolute Gasteiger partial charge is 0.253 e. The van der Waals surface area contributed by atoms with Gasteiger partial charge in [-0.2, -0.15) is 0 Å². The third kappa shape index (κ3) is 5.19. The number of benzene rings is 1. The predicted molar refractivity (Wildman–Crippen MR) is 74.9 cm³/mol. The van der Waals surface area contributed by atoms with Crippen LogP contribution < -0.4 is 5.32 Å². The number of rotatable bonds is 6. The molecule has 1 unspecified atom stereocenters. The fourth-order valence-electron chi connectivity index (χ4n) is 1.78. The monoisotopic (exact) mass is 285 g/mol. The van der Waals surface area contributed by atoms with Crippen molar-refractivity contribution in [2.45, 2.75) is 32.5 Å².